The molecule has 0 atom stereocenters. The van der Waals surface area contributed by atoms with Crippen molar-refractivity contribution in [2.45, 2.75) is 52.6 Å². The summed E-state index contributed by atoms with van der Waals surface area (Å²) in [5.74, 6) is -0.508. The molecule has 0 unspecified atom stereocenters. The van der Waals surface area contributed by atoms with Crippen LogP contribution >= 0.6 is 0 Å². The Labute approximate surface area is 136 Å². The molecule has 23 heavy (non-hydrogen) atoms. The van der Waals surface area contributed by atoms with Crippen LogP contribution in [0.25, 0.3) is 0 Å². The maximum Gasteiger partial charge on any atom is 0.224 e. The number of carbonyl (C=O) groups excluding carboxylic acids is 2. The molecule has 128 valence electrons. The Morgan fingerprint density at radius 1 is 1.22 bits per heavy atom. The number of hydrogen-bond donors (Lipinski definition) is 2. The molecule has 2 amide bonds. The van der Waals surface area contributed by atoms with Gasteiger partial charge in [-0.05, 0) is 38.8 Å². The molecule has 5 nitrogen and oxygen atoms in total. The van der Waals surface area contributed by atoms with Crippen molar-refractivity contribution in [2.24, 2.45) is 0 Å². The molecule has 0 saturated carbocycles. The highest BCUT2D eigenvalue weighted by atomic mass is 19.1. The summed E-state index contributed by atoms with van der Waals surface area (Å²) in [4.78, 5) is 23.2. The van der Waals surface area contributed by atoms with E-state index in [9.17, 15) is 14.0 Å². The standard InChI is InChI=1S/C17H25FN2O3/c1-4-10-19-16(21)6-5-7-17(22)20-15-9-8-13(11-14(15)18)23-12(2)3/h8-9,11-12H,4-7,10H2,1-3H3,(H,19,21)(H,20,22). The lowest BCUT2D eigenvalue weighted by Gasteiger charge is -2.11. The van der Waals surface area contributed by atoms with E-state index in [0.717, 1.165) is 6.42 Å². The predicted molar refractivity (Wildman–Crippen MR) is 87.9 cm³/mol. The molecule has 0 aliphatic heterocycles. The van der Waals surface area contributed by atoms with E-state index in [1.165, 1.54) is 12.1 Å². The van der Waals surface area contributed by atoms with Crippen molar-refractivity contribution in [3.8, 4) is 5.75 Å². The summed E-state index contributed by atoms with van der Waals surface area (Å²) in [6, 6.07) is 4.32. The zero-order valence-corrected chi connectivity index (χ0v) is 13.9. The third-order valence-electron chi connectivity index (χ3n) is 2.97. The lowest BCUT2D eigenvalue weighted by Crippen LogP contribution is -2.24. The SMILES string of the molecule is CCCNC(=O)CCCC(=O)Nc1ccc(OC(C)C)cc1F. The van der Waals surface area contributed by atoms with Crippen LogP contribution in [0.4, 0.5) is 10.1 Å². The van der Waals surface area contributed by atoms with Crippen molar-refractivity contribution in [1.82, 2.24) is 5.32 Å². The summed E-state index contributed by atoms with van der Waals surface area (Å²) in [7, 11) is 0. The van der Waals surface area contributed by atoms with Crippen molar-refractivity contribution in [3.63, 3.8) is 0 Å². The lowest BCUT2D eigenvalue weighted by atomic mass is 10.2. The minimum absolute atomic E-state index is 0.0475. The molecule has 0 spiro atoms. The van der Waals surface area contributed by atoms with E-state index in [0.29, 0.717) is 18.7 Å². The largest absolute Gasteiger partial charge is 0.491 e. The van der Waals surface area contributed by atoms with Crippen molar-refractivity contribution >= 4 is 17.5 Å². The molecular weight excluding hydrogens is 299 g/mol. The fourth-order valence-electron chi connectivity index (χ4n) is 1.92. The van der Waals surface area contributed by atoms with Gasteiger partial charge in [0.2, 0.25) is 11.8 Å². The molecule has 2 N–H and O–H groups in total. The first-order valence-corrected chi connectivity index (χ1v) is 7.95. The molecule has 0 aliphatic carbocycles. The van der Waals surface area contributed by atoms with Crippen LogP contribution in [0.3, 0.4) is 0 Å². The fraction of sp³-hybridized carbons (Fsp3) is 0.529. The van der Waals surface area contributed by atoms with Crippen molar-refractivity contribution in [1.29, 1.82) is 0 Å². The molecule has 1 aromatic rings. The van der Waals surface area contributed by atoms with Crippen LogP contribution in [0.1, 0.15) is 46.5 Å². The molecule has 0 fully saturated rings. The first-order valence-electron chi connectivity index (χ1n) is 7.95. The molecule has 0 aromatic heterocycles. The van der Waals surface area contributed by atoms with Gasteiger partial charge < -0.3 is 15.4 Å². The molecule has 0 heterocycles. The van der Waals surface area contributed by atoms with E-state index in [4.69, 9.17) is 4.74 Å². The summed E-state index contributed by atoms with van der Waals surface area (Å²) < 4.78 is 19.3. The smallest absolute Gasteiger partial charge is 0.224 e. The van der Waals surface area contributed by atoms with Crippen molar-refractivity contribution in [3.05, 3.63) is 24.0 Å². The molecule has 0 aliphatic rings. The number of halogens is 1. The Morgan fingerprint density at radius 2 is 1.91 bits per heavy atom. The van der Waals surface area contributed by atoms with E-state index in [2.05, 4.69) is 10.6 Å². The van der Waals surface area contributed by atoms with Crippen LogP contribution in [0.2, 0.25) is 0 Å². The first-order chi connectivity index (χ1) is 10.9. The van der Waals surface area contributed by atoms with Gasteiger partial charge in [-0.2, -0.15) is 0 Å². The van der Waals surface area contributed by atoms with E-state index < -0.39 is 5.82 Å². The van der Waals surface area contributed by atoms with Gasteiger partial charge in [0.25, 0.3) is 0 Å². The molecule has 0 radical (unpaired) electrons. The number of ether oxygens (including phenoxy) is 1. The summed E-state index contributed by atoms with van der Waals surface area (Å²) in [6.07, 6.45) is 1.72. The van der Waals surface area contributed by atoms with Crippen LogP contribution in [0, 0.1) is 5.82 Å². The van der Waals surface area contributed by atoms with Crippen LogP contribution in [0.15, 0.2) is 18.2 Å². The monoisotopic (exact) mass is 324 g/mol. The normalized spacial score (nSPS) is 10.5. The first kappa shape index (κ1) is 18.9. The van der Waals surface area contributed by atoms with Gasteiger partial charge in [0.15, 0.2) is 0 Å². The van der Waals surface area contributed by atoms with E-state index >= 15 is 0 Å². The highest BCUT2D eigenvalue weighted by Gasteiger charge is 2.10. The van der Waals surface area contributed by atoms with Crippen molar-refractivity contribution in [2.75, 3.05) is 11.9 Å². The van der Waals surface area contributed by atoms with Crippen molar-refractivity contribution < 1.29 is 18.7 Å². The third kappa shape index (κ3) is 7.63. The van der Waals surface area contributed by atoms with Gasteiger partial charge in [0.05, 0.1) is 11.8 Å². The topological polar surface area (TPSA) is 67.4 Å². The number of nitrogens with one attached hydrogen (secondary N) is 2. The predicted octanol–water partition coefficient (Wildman–Crippen LogP) is 3.25. The summed E-state index contributed by atoms with van der Waals surface area (Å²) >= 11 is 0. The minimum atomic E-state index is -0.544. The molecule has 0 bridgehead atoms. The number of carbonyl (C=O) groups is 2. The Bertz CT molecular complexity index is 533. The highest BCUT2D eigenvalue weighted by Crippen LogP contribution is 2.21. The highest BCUT2D eigenvalue weighted by molar-refractivity contribution is 5.91. The lowest BCUT2D eigenvalue weighted by molar-refractivity contribution is -0.121. The van der Waals surface area contributed by atoms with Gasteiger partial charge in [-0.1, -0.05) is 6.92 Å². The van der Waals surface area contributed by atoms with Crippen LogP contribution in [-0.2, 0) is 9.59 Å². The third-order valence-corrected chi connectivity index (χ3v) is 2.97. The molecule has 0 saturated heterocycles. The Hall–Kier alpha value is -2.11. The summed E-state index contributed by atoms with van der Waals surface area (Å²) in [5, 5.41) is 5.25. The maximum atomic E-state index is 13.9. The van der Waals surface area contributed by atoms with Gasteiger partial charge in [0, 0.05) is 25.5 Å². The summed E-state index contributed by atoms with van der Waals surface area (Å²) in [6.45, 7) is 6.31. The molecular formula is C17H25FN2O3. The van der Waals surface area contributed by atoms with Crippen LogP contribution in [-0.4, -0.2) is 24.5 Å². The minimum Gasteiger partial charge on any atom is -0.491 e. The zero-order chi connectivity index (χ0) is 17.2. The van der Waals surface area contributed by atoms with E-state index in [1.807, 2.05) is 20.8 Å². The second-order valence-electron chi connectivity index (χ2n) is 5.56. The fourth-order valence-corrected chi connectivity index (χ4v) is 1.92. The second-order valence-corrected chi connectivity index (χ2v) is 5.56. The summed E-state index contributed by atoms with van der Waals surface area (Å²) in [5.41, 5.74) is 0.113. The van der Waals surface area contributed by atoms with Gasteiger partial charge in [-0.3, -0.25) is 9.59 Å². The second kappa shape index (κ2) is 9.82. The zero-order valence-electron chi connectivity index (χ0n) is 13.9. The number of benzene rings is 1. The molecule has 1 aromatic carbocycles. The molecule has 6 heteroatoms. The quantitative estimate of drug-likeness (QED) is 0.733. The van der Waals surface area contributed by atoms with E-state index in [1.54, 1.807) is 6.07 Å². The van der Waals surface area contributed by atoms with Crippen LogP contribution in [0.5, 0.6) is 5.75 Å². The van der Waals surface area contributed by atoms with Crippen LogP contribution < -0.4 is 15.4 Å². The number of amides is 2. The Kier molecular flexibility index (Phi) is 8.08. The average Bonchev–Trinajstić information content (AvgIpc) is 2.47. The maximum absolute atomic E-state index is 13.9. The van der Waals surface area contributed by atoms with Gasteiger partial charge in [-0.25, -0.2) is 4.39 Å². The van der Waals surface area contributed by atoms with Gasteiger partial charge in [-0.15, -0.1) is 0 Å². The Morgan fingerprint density at radius 3 is 2.52 bits per heavy atom. The van der Waals surface area contributed by atoms with Gasteiger partial charge >= 0.3 is 0 Å². The number of rotatable bonds is 9. The number of hydrogen-bond acceptors (Lipinski definition) is 3. The van der Waals surface area contributed by atoms with Gasteiger partial charge in [0.1, 0.15) is 11.6 Å². The van der Waals surface area contributed by atoms with E-state index in [-0.39, 0.29) is 36.4 Å². The molecule has 1 rings (SSSR count). The number of anilines is 1. The Balaban J connectivity index is 2.41. The average molecular weight is 324 g/mol.